The molecule has 1 aliphatic rings. The summed E-state index contributed by atoms with van der Waals surface area (Å²) in [6.07, 6.45) is 2.08. The number of hydrogen-bond donors (Lipinski definition) is 0. The Kier molecular flexibility index (Phi) is 3.69. The predicted molar refractivity (Wildman–Crippen MR) is 85.8 cm³/mol. The Hall–Kier alpha value is -2.23. The molecule has 0 bridgehead atoms. The van der Waals surface area contributed by atoms with E-state index in [1.54, 1.807) is 0 Å². The maximum atomic E-state index is 4.76. The third-order valence-corrected chi connectivity index (χ3v) is 3.61. The number of hydrazone groups is 1. The molecule has 0 unspecified atom stereocenters. The molecule has 0 spiro atoms. The first-order valence-electron chi connectivity index (χ1n) is 7.36. The van der Waals surface area contributed by atoms with Gasteiger partial charge in [-0.2, -0.15) is 5.10 Å². The van der Waals surface area contributed by atoms with E-state index in [4.69, 9.17) is 5.10 Å². The van der Waals surface area contributed by atoms with Crippen molar-refractivity contribution in [1.82, 2.24) is 9.97 Å². The van der Waals surface area contributed by atoms with Gasteiger partial charge in [0.15, 0.2) is 0 Å². The molecular weight excluding hydrogens is 260 g/mol. The highest BCUT2D eigenvalue weighted by atomic mass is 15.5. The predicted octanol–water partition coefficient (Wildman–Crippen LogP) is 3.41. The quantitative estimate of drug-likeness (QED) is 0.846. The fourth-order valence-electron chi connectivity index (χ4n) is 2.56. The Labute approximate surface area is 125 Å². The van der Waals surface area contributed by atoms with Crippen molar-refractivity contribution in [2.75, 3.05) is 11.6 Å². The van der Waals surface area contributed by atoms with Crippen molar-refractivity contribution in [3.63, 3.8) is 0 Å². The lowest BCUT2D eigenvalue weighted by Gasteiger charge is -2.24. The smallest absolute Gasteiger partial charge is 0.231 e. The second-order valence-corrected chi connectivity index (χ2v) is 5.59. The minimum Gasteiger partial charge on any atom is -0.231 e. The molecule has 0 amide bonds. The number of nitrogens with zero attached hydrogens (tertiary/aromatic N) is 4. The fourth-order valence-corrected chi connectivity index (χ4v) is 2.56. The van der Waals surface area contributed by atoms with Crippen LogP contribution in [0.3, 0.4) is 0 Å². The molecule has 2 heterocycles. The molecule has 21 heavy (non-hydrogen) atoms. The zero-order valence-electron chi connectivity index (χ0n) is 12.8. The maximum Gasteiger partial charge on any atom is 0.246 e. The molecule has 0 atom stereocenters. The van der Waals surface area contributed by atoms with Gasteiger partial charge in [0.1, 0.15) is 0 Å². The highest BCUT2D eigenvalue weighted by Gasteiger charge is 2.17. The van der Waals surface area contributed by atoms with Gasteiger partial charge in [-0.15, -0.1) is 0 Å². The molecule has 0 saturated carbocycles. The second kappa shape index (κ2) is 5.64. The van der Waals surface area contributed by atoms with E-state index in [2.05, 4.69) is 41.2 Å². The number of anilines is 1. The first-order valence-corrected chi connectivity index (χ1v) is 7.36. The number of benzene rings is 1. The molecule has 0 saturated heterocycles. The first-order chi connectivity index (χ1) is 10.1. The van der Waals surface area contributed by atoms with Gasteiger partial charge in [0.2, 0.25) is 5.95 Å². The van der Waals surface area contributed by atoms with Crippen molar-refractivity contribution in [2.45, 2.75) is 33.6 Å². The van der Waals surface area contributed by atoms with Crippen LogP contribution in [0.15, 0.2) is 35.4 Å². The lowest BCUT2D eigenvalue weighted by atomic mass is 10.0. The van der Waals surface area contributed by atoms with Crippen LogP contribution in [-0.2, 0) is 0 Å². The summed E-state index contributed by atoms with van der Waals surface area (Å²) < 4.78 is 0. The van der Waals surface area contributed by atoms with Gasteiger partial charge in [-0.05, 0) is 45.2 Å². The van der Waals surface area contributed by atoms with E-state index in [1.807, 2.05) is 24.9 Å². The van der Waals surface area contributed by atoms with E-state index in [1.165, 1.54) is 11.1 Å². The summed E-state index contributed by atoms with van der Waals surface area (Å²) >= 11 is 0. The number of aryl methyl sites for hydroxylation is 3. The third kappa shape index (κ3) is 3.10. The summed E-state index contributed by atoms with van der Waals surface area (Å²) in [5.41, 5.74) is 5.54. The Bertz CT molecular complexity index is 653. The number of hydrogen-bond acceptors (Lipinski definition) is 4. The van der Waals surface area contributed by atoms with Crippen molar-refractivity contribution in [2.24, 2.45) is 5.10 Å². The Morgan fingerprint density at radius 2 is 1.62 bits per heavy atom. The van der Waals surface area contributed by atoms with Crippen LogP contribution in [0.4, 0.5) is 5.95 Å². The largest absolute Gasteiger partial charge is 0.246 e. The van der Waals surface area contributed by atoms with Crippen LogP contribution in [0.2, 0.25) is 0 Å². The summed E-state index contributed by atoms with van der Waals surface area (Å²) in [4.78, 5) is 9.02. The molecule has 3 rings (SSSR count). The number of rotatable bonds is 2. The number of aromatic nitrogens is 2. The normalized spacial score (nSPS) is 15.0. The van der Waals surface area contributed by atoms with Crippen LogP contribution in [0, 0.1) is 20.8 Å². The van der Waals surface area contributed by atoms with E-state index >= 15 is 0 Å². The van der Waals surface area contributed by atoms with Gasteiger partial charge in [-0.25, -0.2) is 15.0 Å². The molecule has 0 radical (unpaired) electrons. The maximum absolute atomic E-state index is 4.76. The lowest BCUT2D eigenvalue weighted by molar-refractivity contribution is 0.715. The van der Waals surface area contributed by atoms with Gasteiger partial charge in [0.25, 0.3) is 0 Å². The average molecular weight is 280 g/mol. The molecular formula is C17H20N4. The summed E-state index contributed by atoms with van der Waals surface area (Å²) in [5, 5.41) is 6.69. The van der Waals surface area contributed by atoms with E-state index in [9.17, 15) is 0 Å². The molecule has 2 aromatic rings. The van der Waals surface area contributed by atoms with Crippen LogP contribution in [0.1, 0.15) is 35.4 Å². The first kappa shape index (κ1) is 13.7. The fraction of sp³-hybridized carbons (Fsp3) is 0.353. The zero-order valence-corrected chi connectivity index (χ0v) is 12.8. The van der Waals surface area contributed by atoms with Gasteiger partial charge in [-0.3, -0.25) is 0 Å². The summed E-state index contributed by atoms with van der Waals surface area (Å²) in [6, 6.07) is 10.5. The summed E-state index contributed by atoms with van der Waals surface area (Å²) in [5.74, 6) is 0.705. The van der Waals surface area contributed by atoms with Crippen molar-refractivity contribution < 1.29 is 0 Å². The van der Waals surface area contributed by atoms with E-state index in [0.717, 1.165) is 36.5 Å². The van der Waals surface area contributed by atoms with Gasteiger partial charge in [0.05, 0.1) is 5.71 Å². The Morgan fingerprint density at radius 1 is 0.952 bits per heavy atom. The summed E-state index contributed by atoms with van der Waals surface area (Å²) in [7, 11) is 0. The van der Waals surface area contributed by atoms with Gasteiger partial charge in [-0.1, -0.05) is 29.8 Å². The molecule has 0 N–H and O–H groups in total. The molecule has 4 nitrogen and oxygen atoms in total. The molecule has 1 aromatic heterocycles. The highest BCUT2D eigenvalue weighted by molar-refractivity contribution is 6.01. The topological polar surface area (TPSA) is 41.4 Å². The Morgan fingerprint density at radius 3 is 2.29 bits per heavy atom. The van der Waals surface area contributed by atoms with E-state index in [-0.39, 0.29) is 0 Å². The highest BCUT2D eigenvalue weighted by Crippen LogP contribution is 2.19. The standard InChI is InChI=1S/C17H20N4/c1-12-6-8-15(9-7-12)16-5-4-10-21(20-16)17-18-13(2)11-14(3)19-17/h6-9,11H,4-5,10H2,1-3H3. The summed E-state index contributed by atoms with van der Waals surface area (Å²) in [6.45, 7) is 6.96. The third-order valence-electron chi connectivity index (χ3n) is 3.61. The molecule has 1 aliphatic heterocycles. The van der Waals surface area contributed by atoms with Gasteiger partial charge < -0.3 is 0 Å². The van der Waals surface area contributed by atoms with Crippen molar-refractivity contribution in [1.29, 1.82) is 0 Å². The van der Waals surface area contributed by atoms with Crippen molar-refractivity contribution >= 4 is 11.7 Å². The van der Waals surface area contributed by atoms with Crippen molar-refractivity contribution in [3.8, 4) is 0 Å². The molecule has 4 heteroatoms. The SMILES string of the molecule is Cc1ccc(C2=NN(c3nc(C)cc(C)n3)CCC2)cc1. The minimum absolute atomic E-state index is 0.705. The molecule has 0 fully saturated rings. The van der Waals surface area contributed by atoms with E-state index < -0.39 is 0 Å². The van der Waals surface area contributed by atoms with Crippen molar-refractivity contribution in [3.05, 3.63) is 52.8 Å². The van der Waals surface area contributed by atoms with Gasteiger partial charge in [0, 0.05) is 17.9 Å². The van der Waals surface area contributed by atoms with Crippen LogP contribution in [0.25, 0.3) is 0 Å². The monoisotopic (exact) mass is 280 g/mol. The average Bonchev–Trinajstić information content (AvgIpc) is 2.47. The second-order valence-electron chi connectivity index (χ2n) is 5.59. The van der Waals surface area contributed by atoms with Gasteiger partial charge >= 0.3 is 0 Å². The minimum atomic E-state index is 0.705. The zero-order chi connectivity index (χ0) is 14.8. The molecule has 0 aliphatic carbocycles. The molecule has 1 aromatic carbocycles. The Balaban J connectivity index is 1.93. The van der Waals surface area contributed by atoms with Crippen LogP contribution >= 0.6 is 0 Å². The molecule has 108 valence electrons. The lowest BCUT2D eigenvalue weighted by Crippen LogP contribution is -2.28. The van der Waals surface area contributed by atoms with Crippen LogP contribution in [-0.4, -0.2) is 22.2 Å². The van der Waals surface area contributed by atoms with Crippen LogP contribution < -0.4 is 5.01 Å². The van der Waals surface area contributed by atoms with E-state index in [0.29, 0.717) is 5.95 Å². The van der Waals surface area contributed by atoms with Crippen LogP contribution in [0.5, 0.6) is 0 Å².